The molecule has 0 radical (unpaired) electrons. The van der Waals surface area contributed by atoms with Crippen LogP contribution in [0, 0.1) is 11.8 Å². The molecule has 0 aliphatic carbocycles. The number of hydrogen-bond donors (Lipinski definition) is 5. The maximum Gasteiger partial charge on any atom is 0.326 e. The molecule has 11 nitrogen and oxygen atoms in total. The molecule has 0 bridgehead atoms. The molecule has 0 spiro atoms. The number of amides is 3. The molecule has 0 aromatic carbocycles. The van der Waals surface area contributed by atoms with Crippen LogP contribution in [0.25, 0.3) is 0 Å². The Hall–Kier alpha value is -2.95. The Morgan fingerprint density at radius 1 is 1.19 bits per heavy atom. The number of aromatic amines is 1. The van der Waals surface area contributed by atoms with E-state index in [0.29, 0.717) is 25.1 Å². The van der Waals surface area contributed by atoms with Crippen LogP contribution in [0.1, 0.15) is 46.2 Å². The highest BCUT2D eigenvalue weighted by Gasteiger charge is 2.39. The van der Waals surface area contributed by atoms with E-state index in [2.05, 4.69) is 20.6 Å². The van der Waals surface area contributed by atoms with Crippen LogP contribution in [0.4, 0.5) is 0 Å². The molecule has 1 fully saturated rings. The quantitative estimate of drug-likeness (QED) is 0.324. The molecule has 4 atom stereocenters. The highest BCUT2D eigenvalue weighted by molar-refractivity contribution is 5.94. The zero-order chi connectivity index (χ0) is 24.0. The number of carboxylic acid groups (broad SMARTS) is 1. The van der Waals surface area contributed by atoms with Crippen LogP contribution in [0.3, 0.4) is 0 Å². The number of hydrogen-bond acceptors (Lipinski definition) is 6. The highest BCUT2D eigenvalue weighted by atomic mass is 16.4. The largest absolute Gasteiger partial charge is 0.480 e. The summed E-state index contributed by atoms with van der Waals surface area (Å²) in [6, 6.07) is -3.61. The predicted molar refractivity (Wildman–Crippen MR) is 116 cm³/mol. The van der Waals surface area contributed by atoms with Gasteiger partial charge in [0.25, 0.3) is 0 Å². The first-order valence-corrected chi connectivity index (χ1v) is 10.9. The topological polar surface area (TPSA) is 171 Å². The van der Waals surface area contributed by atoms with E-state index in [1.807, 2.05) is 0 Å². The smallest absolute Gasteiger partial charge is 0.326 e. The van der Waals surface area contributed by atoms with Crippen LogP contribution in [0.5, 0.6) is 0 Å². The van der Waals surface area contributed by atoms with Gasteiger partial charge in [0.05, 0.1) is 12.4 Å². The normalized spacial score (nSPS) is 19.0. The first-order valence-electron chi connectivity index (χ1n) is 10.9. The predicted octanol–water partition coefficient (Wildman–Crippen LogP) is -0.363. The van der Waals surface area contributed by atoms with E-state index in [1.165, 1.54) is 11.2 Å². The molecule has 4 unspecified atom stereocenters. The minimum atomic E-state index is -1.06. The third kappa shape index (κ3) is 6.28. The molecule has 1 aliphatic rings. The lowest BCUT2D eigenvalue weighted by Gasteiger charge is -2.31. The zero-order valence-corrected chi connectivity index (χ0v) is 19.0. The van der Waals surface area contributed by atoms with Gasteiger partial charge in [-0.05, 0) is 24.7 Å². The molecule has 1 aromatic rings. The average Bonchev–Trinajstić information content (AvgIpc) is 3.41. The van der Waals surface area contributed by atoms with E-state index in [1.54, 1.807) is 33.9 Å². The third-order valence-electron chi connectivity index (χ3n) is 5.68. The molecule has 6 N–H and O–H groups in total. The van der Waals surface area contributed by atoms with Crippen molar-refractivity contribution in [3.63, 3.8) is 0 Å². The summed E-state index contributed by atoms with van der Waals surface area (Å²) in [6.45, 7) is 7.47. The first kappa shape index (κ1) is 25.3. The molecular weight excluding hydrogens is 416 g/mol. The number of aliphatic carboxylic acids is 1. The van der Waals surface area contributed by atoms with Gasteiger partial charge in [-0.25, -0.2) is 9.78 Å². The summed E-state index contributed by atoms with van der Waals surface area (Å²) >= 11 is 0. The van der Waals surface area contributed by atoms with Crippen molar-refractivity contribution < 1.29 is 24.3 Å². The van der Waals surface area contributed by atoms with Gasteiger partial charge in [0.2, 0.25) is 17.7 Å². The van der Waals surface area contributed by atoms with Crippen molar-refractivity contribution in [2.24, 2.45) is 17.6 Å². The van der Waals surface area contributed by atoms with E-state index in [4.69, 9.17) is 5.73 Å². The summed E-state index contributed by atoms with van der Waals surface area (Å²) in [6.07, 6.45) is 4.11. The van der Waals surface area contributed by atoms with Crippen LogP contribution in [0.2, 0.25) is 0 Å². The number of carbonyl (C=O) groups excluding carboxylic acids is 3. The lowest BCUT2D eigenvalue weighted by atomic mass is 10.0. The molecule has 1 aliphatic heterocycles. The fraction of sp³-hybridized carbons (Fsp3) is 0.667. The standard InChI is InChI=1S/C21H34N6O5/c1-11(2)16(22)19(29)25-14(8-13-9-23-10-24-13)18(28)26-17(12(3)4)20(30)27-7-5-6-15(27)21(31)32/h9-12,14-17H,5-8,22H2,1-4H3,(H,23,24)(H,25,29)(H,26,28)(H,31,32). The van der Waals surface area contributed by atoms with Crippen molar-refractivity contribution in [2.75, 3.05) is 6.54 Å². The van der Waals surface area contributed by atoms with Gasteiger partial charge in [0, 0.05) is 24.9 Å². The second kappa shape index (κ2) is 11.1. The Morgan fingerprint density at radius 2 is 1.88 bits per heavy atom. The lowest BCUT2D eigenvalue weighted by molar-refractivity contribution is -0.150. The maximum absolute atomic E-state index is 13.2. The summed E-state index contributed by atoms with van der Waals surface area (Å²) in [7, 11) is 0. The van der Waals surface area contributed by atoms with Crippen molar-refractivity contribution in [2.45, 2.75) is 71.1 Å². The minimum absolute atomic E-state index is 0.126. The summed E-state index contributed by atoms with van der Waals surface area (Å²) < 4.78 is 0. The lowest BCUT2D eigenvalue weighted by Crippen LogP contribution is -2.59. The highest BCUT2D eigenvalue weighted by Crippen LogP contribution is 2.20. The summed E-state index contributed by atoms with van der Waals surface area (Å²) in [5.41, 5.74) is 6.55. The molecule has 1 saturated heterocycles. The number of imidazole rings is 1. The Labute approximate surface area is 187 Å². The zero-order valence-electron chi connectivity index (χ0n) is 19.0. The molecule has 0 saturated carbocycles. The van der Waals surface area contributed by atoms with Crippen molar-refractivity contribution in [3.8, 4) is 0 Å². The first-order chi connectivity index (χ1) is 15.0. The summed E-state index contributed by atoms with van der Waals surface area (Å²) in [5, 5.41) is 14.8. The van der Waals surface area contributed by atoms with Gasteiger partial charge in [0.15, 0.2) is 0 Å². The Bertz CT molecular complexity index is 810. The van der Waals surface area contributed by atoms with Crippen molar-refractivity contribution in [1.29, 1.82) is 0 Å². The van der Waals surface area contributed by atoms with Crippen LogP contribution in [-0.4, -0.2) is 74.4 Å². The maximum atomic E-state index is 13.2. The molecule has 32 heavy (non-hydrogen) atoms. The molecule has 178 valence electrons. The summed E-state index contributed by atoms with van der Waals surface area (Å²) in [5.74, 6) is -2.94. The van der Waals surface area contributed by atoms with E-state index in [9.17, 15) is 24.3 Å². The Balaban J connectivity index is 2.19. The van der Waals surface area contributed by atoms with Crippen LogP contribution < -0.4 is 16.4 Å². The van der Waals surface area contributed by atoms with E-state index < -0.39 is 47.9 Å². The number of nitrogens with zero attached hydrogens (tertiary/aromatic N) is 2. The van der Waals surface area contributed by atoms with Gasteiger partial charge in [-0.2, -0.15) is 0 Å². The minimum Gasteiger partial charge on any atom is -0.480 e. The number of rotatable bonds is 10. The second-order valence-corrected chi connectivity index (χ2v) is 8.87. The number of H-pyrrole nitrogens is 1. The van der Waals surface area contributed by atoms with Crippen molar-refractivity contribution in [3.05, 3.63) is 18.2 Å². The number of likely N-dealkylation sites (tertiary alicyclic amines) is 1. The van der Waals surface area contributed by atoms with Crippen LogP contribution in [-0.2, 0) is 25.6 Å². The number of carboxylic acids is 1. The molecular formula is C21H34N6O5. The number of carbonyl (C=O) groups is 4. The second-order valence-electron chi connectivity index (χ2n) is 8.87. The van der Waals surface area contributed by atoms with Crippen molar-refractivity contribution >= 4 is 23.7 Å². The fourth-order valence-electron chi connectivity index (χ4n) is 3.63. The van der Waals surface area contributed by atoms with Gasteiger partial charge in [-0.15, -0.1) is 0 Å². The average molecular weight is 451 g/mol. The number of nitrogens with one attached hydrogen (secondary N) is 3. The van der Waals surface area contributed by atoms with Crippen LogP contribution in [0.15, 0.2) is 12.5 Å². The Kier molecular flexibility index (Phi) is 8.76. The SMILES string of the molecule is CC(C)C(N)C(=O)NC(Cc1cnc[nH]1)C(=O)NC(C(=O)N1CCCC1C(=O)O)C(C)C. The summed E-state index contributed by atoms with van der Waals surface area (Å²) in [4.78, 5) is 58.4. The third-order valence-corrected chi connectivity index (χ3v) is 5.68. The van der Waals surface area contributed by atoms with E-state index >= 15 is 0 Å². The molecule has 11 heteroatoms. The van der Waals surface area contributed by atoms with Gasteiger partial charge in [-0.3, -0.25) is 14.4 Å². The van der Waals surface area contributed by atoms with Gasteiger partial charge >= 0.3 is 5.97 Å². The van der Waals surface area contributed by atoms with E-state index in [0.717, 1.165) is 0 Å². The molecule has 2 heterocycles. The molecule has 2 rings (SSSR count). The van der Waals surface area contributed by atoms with Crippen molar-refractivity contribution in [1.82, 2.24) is 25.5 Å². The monoisotopic (exact) mass is 450 g/mol. The fourth-order valence-corrected chi connectivity index (χ4v) is 3.63. The van der Waals surface area contributed by atoms with Gasteiger partial charge < -0.3 is 31.4 Å². The van der Waals surface area contributed by atoms with E-state index in [-0.39, 0.29) is 18.3 Å². The molecule has 3 amide bonds. The van der Waals surface area contributed by atoms with Gasteiger partial charge in [0.1, 0.15) is 18.1 Å². The number of nitrogens with two attached hydrogens (primary N) is 1. The Morgan fingerprint density at radius 3 is 2.41 bits per heavy atom. The number of aromatic nitrogens is 2. The van der Waals surface area contributed by atoms with Gasteiger partial charge in [-0.1, -0.05) is 27.7 Å². The van der Waals surface area contributed by atoms with Crippen LogP contribution >= 0.6 is 0 Å². The molecule has 1 aromatic heterocycles.